The fraction of sp³-hybridized carbons (Fsp3) is 0.918. The van der Waals surface area contributed by atoms with E-state index < -0.39 is 155 Å². The number of hydrogen-bond acceptors (Lipinski definition) is 20. The molecule has 0 spiro atoms. The summed E-state index contributed by atoms with van der Waals surface area (Å²) in [5.41, 5.74) is 0. The Morgan fingerprint density at radius 3 is 1.26 bits per heavy atom. The van der Waals surface area contributed by atoms with E-state index in [9.17, 15) is 75.7 Å². The van der Waals surface area contributed by atoms with E-state index in [1.54, 1.807) is 6.08 Å². The van der Waals surface area contributed by atoms with Crippen LogP contribution in [0.5, 0.6) is 0 Å². The van der Waals surface area contributed by atoms with Gasteiger partial charge in [-0.1, -0.05) is 321 Å². The maximum Gasteiger partial charge on any atom is 0.364 e. The quantitative estimate of drug-likeness (QED) is 0.0199. The lowest BCUT2D eigenvalue weighted by atomic mass is 9.88. The third-order valence-corrected chi connectivity index (χ3v) is 22.1. The van der Waals surface area contributed by atoms with E-state index in [2.05, 4.69) is 36.6 Å². The Morgan fingerprint density at radius 1 is 0.481 bits per heavy atom. The molecule has 0 aromatic carbocycles. The fourth-order valence-electron chi connectivity index (χ4n) is 15.2. The van der Waals surface area contributed by atoms with Crippen molar-refractivity contribution < 1.29 is 104 Å². The summed E-state index contributed by atoms with van der Waals surface area (Å²) in [6.45, 7) is 2.18. The second kappa shape index (κ2) is 63.5. The summed E-state index contributed by atoms with van der Waals surface area (Å²) in [7, 11) is 0. The standard InChI is InChI=1S/C85H158N2O21/c1-4-6-8-10-12-14-16-18-20-21-22-23-24-25-26-27-28-29-30-31-32-33-34-35-36-37-38-39-40-41-42-43-45-47-49-51-53-55-57-59-72(95)87-66(67(92)58-56-54-52-50-48-46-44-19-17-15-13-11-9-7-5-2)64-103-82-77(99)76(98)79(71(63-90)105-82)106-83-78(100)81(75(97)70(62-89)104-83)108-85(84(101)102)60-68(93)73(86-65(3)91)80(107-85)74(96)69(94)61-88/h31-32,56,58,66-71,73-83,88-90,92-94,96-100H,4-30,33-55,57,59-64H2,1-3H3,(H,86,91)(H,87,95)(H,101,102)/b32-31-,58-56+. The maximum atomic E-state index is 13.5. The lowest BCUT2D eigenvalue weighted by Crippen LogP contribution is -2.70. The van der Waals surface area contributed by atoms with E-state index in [-0.39, 0.29) is 12.3 Å². The number of aliphatic hydroxyl groups excluding tert-OH is 11. The number of carbonyl (C=O) groups excluding carboxylic acids is 2. The largest absolute Gasteiger partial charge is 0.477 e. The number of ether oxygens (including phenoxy) is 6. The van der Waals surface area contributed by atoms with Crippen LogP contribution in [-0.2, 0) is 42.8 Å². The van der Waals surface area contributed by atoms with E-state index >= 15 is 0 Å². The number of allylic oxidation sites excluding steroid dienone is 3. The van der Waals surface area contributed by atoms with Gasteiger partial charge < -0.3 is 100 Å². The van der Waals surface area contributed by atoms with Gasteiger partial charge in [0, 0.05) is 19.8 Å². The van der Waals surface area contributed by atoms with Crippen LogP contribution in [0.3, 0.4) is 0 Å². The Kier molecular flexibility index (Phi) is 58.5. The van der Waals surface area contributed by atoms with Crippen LogP contribution in [-0.4, -0.2) is 215 Å². The van der Waals surface area contributed by atoms with Gasteiger partial charge >= 0.3 is 5.97 Å². The molecule has 2 amide bonds. The molecule has 23 heteroatoms. The maximum absolute atomic E-state index is 13.5. The second-order valence-electron chi connectivity index (χ2n) is 31.8. The highest BCUT2D eigenvalue weighted by molar-refractivity contribution is 5.77. The first-order chi connectivity index (χ1) is 52.4. The minimum atomic E-state index is -3.08. The molecule has 0 aliphatic carbocycles. The number of hydrogen-bond donors (Lipinski definition) is 14. The van der Waals surface area contributed by atoms with Crippen molar-refractivity contribution in [1.29, 1.82) is 0 Å². The van der Waals surface area contributed by atoms with Crippen molar-refractivity contribution >= 4 is 17.8 Å². The first-order valence-electron chi connectivity index (χ1n) is 43.7. The van der Waals surface area contributed by atoms with Crippen molar-refractivity contribution in [3.05, 3.63) is 24.3 Å². The van der Waals surface area contributed by atoms with Gasteiger partial charge in [0.2, 0.25) is 11.8 Å². The Labute approximate surface area is 651 Å². The van der Waals surface area contributed by atoms with E-state index in [4.69, 9.17) is 28.4 Å². The van der Waals surface area contributed by atoms with E-state index in [0.29, 0.717) is 12.8 Å². The smallest absolute Gasteiger partial charge is 0.364 e. The molecular weight excluding hydrogens is 1380 g/mol. The van der Waals surface area contributed by atoms with Crippen molar-refractivity contribution in [3.8, 4) is 0 Å². The molecule has 18 unspecified atom stereocenters. The first-order valence-corrected chi connectivity index (χ1v) is 43.7. The predicted molar refractivity (Wildman–Crippen MR) is 421 cm³/mol. The van der Waals surface area contributed by atoms with Crippen LogP contribution >= 0.6 is 0 Å². The second-order valence-corrected chi connectivity index (χ2v) is 31.8. The van der Waals surface area contributed by atoms with Gasteiger partial charge in [0.1, 0.15) is 67.1 Å². The molecule has 3 aliphatic rings. The molecule has 634 valence electrons. The van der Waals surface area contributed by atoms with E-state index in [1.165, 1.54) is 270 Å². The van der Waals surface area contributed by atoms with Crippen LogP contribution in [0.2, 0.25) is 0 Å². The van der Waals surface area contributed by atoms with Gasteiger partial charge in [0.25, 0.3) is 5.79 Å². The minimum absolute atomic E-state index is 0.203. The van der Waals surface area contributed by atoms with Crippen molar-refractivity contribution in [2.24, 2.45) is 0 Å². The van der Waals surface area contributed by atoms with Crippen molar-refractivity contribution in [3.63, 3.8) is 0 Å². The Balaban J connectivity index is 1.39. The Hall–Kier alpha value is -2.79. The van der Waals surface area contributed by atoms with Crippen LogP contribution in [0.25, 0.3) is 0 Å². The molecule has 0 bridgehead atoms. The summed E-state index contributed by atoms with van der Waals surface area (Å²) in [5.74, 6) is -6.13. The normalized spacial score (nSPS) is 25.9. The Bertz CT molecular complexity index is 2240. The molecule has 18 atom stereocenters. The highest BCUT2D eigenvalue weighted by atomic mass is 16.8. The Morgan fingerprint density at radius 2 is 0.870 bits per heavy atom. The summed E-state index contributed by atoms with van der Waals surface area (Å²) < 4.78 is 34.9. The number of aliphatic carboxylic acids is 1. The number of carboxylic acid groups (broad SMARTS) is 1. The monoisotopic (exact) mass is 1540 g/mol. The zero-order chi connectivity index (χ0) is 78.8. The molecule has 3 rings (SSSR count). The number of aliphatic hydroxyl groups is 11. The first kappa shape index (κ1) is 99.4. The van der Waals surface area contributed by atoms with Crippen molar-refractivity contribution in [1.82, 2.24) is 10.6 Å². The number of carbonyl (C=O) groups is 3. The van der Waals surface area contributed by atoms with Gasteiger partial charge in [-0.2, -0.15) is 0 Å². The van der Waals surface area contributed by atoms with Crippen LogP contribution < -0.4 is 10.6 Å². The molecule has 3 saturated heterocycles. The highest BCUT2D eigenvalue weighted by Gasteiger charge is 2.60. The van der Waals surface area contributed by atoms with Crippen LogP contribution in [0.4, 0.5) is 0 Å². The number of unbranched alkanes of at least 4 members (excludes halogenated alkanes) is 48. The minimum Gasteiger partial charge on any atom is -0.477 e. The van der Waals surface area contributed by atoms with Crippen molar-refractivity contribution in [2.45, 2.75) is 471 Å². The van der Waals surface area contributed by atoms with Gasteiger partial charge in [0.15, 0.2) is 12.6 Å². The average molecular weight is 1540 g/mol. The lowest BCUT2D eigenvalue weighted by molar-refractivity contribution is -0.386. The van der Waals surface area contributed by atoms with Gasteiger partial charge in [-0.15, -0.1) is 0 Å². The summed E-state index contributed by atoms with van der Waals surface area (Å²) in [4.78, 5) is 38.7. The molecule has 0 radical (unpaired) electrons. The number of amides is 2. The molecular formula is C85H158N2O21. The SMILES string of the molecule is CCCCCCCCCCCCCCC/C=C/C(O)C(COC1OC(CO)C(OC2OC(CO)C(O)C(OC3(C(=O)O)CC(O)C(NC(C)=O)C(C(O)C(O)CO)O3)C2O)C(O)C1O)NC(=O)CCCCCCCCCCCCCCCCCCC/C=C\CCCCCCCCCCCCCCCCCCCC. The number of rotatable bonds is 70. The molecule has 23 nitrogen and oxygen atoms in total. The van der Waals surface area contributed by atoms with Gasteiger partial charge in [0.05, 0.1) is 50.7 Å². The van der Waals surface area contributed by atoms with Gasteiger partial charge in [-0.25, -0.2) is 4.79 Å². The molecule has 14 N–H and O–H groups in total. The predicted octanol–water partition coefficient (Wildman–Crippen LogP) is 13.1. The third kappa shape index (κ3) is 42.5. The fourth-order valence-corrected chi connectivity index (χ4v) is 15.2. The summed E-state index contributed by atoms with van der Waals surface area (Å²) in [5, 5.41) is 136. The van der Waals surface area contributed by atoms with E-state index in [0.717, 1.165) is 51.9 Å². The molecule has 0 saturated carbocycles. The van der Waals surface area contributed by atoms with Crippen LogP contribution in [0, 0.1) is 0 Å². The van der Waals surface area contributed by atoms with Crippen LogP contribution in [0.1, 0.15) is 361 Å². The number of nitrogens with one attached hydrogen (secondary N) is 2. The zero-order valence-corrected chi connectivity index (χ0v) is 67.5. The highest BCUT2D eigenvalue weighted by Crippen LogP contribution is 2.39. The van der Waals surface area contributed by atoms with Crippen LogP contribution in [0.15, 0.2) is 24.3 Å². The molecule has 3 fully saturated rings. The number of carboxylic acids is 1. The van der Waals surface area contributed by atoms with E-state index in [1.807, 2.05) is 6.08 Å². The third-order valence-electron chi connectivity index (χ3n) is 22.1. The molecule has 0 aromatic rings. The molecule has 3 aliphatic heterocycles. The van der Waals surface area contributed by atoms with Crippen molar-refractivity contribution in [2.75, 3.05) is 26.4 Å². The lowest BCUT2D eigenvalue weighted by Gasteiger charge is -2.50. The topological polar surface area (TPSA) is 373 Å². The van der Waals surface area contributed by atoms with Gasteiger partial charge in [-0.05, 0) is 44.9 Å². The molecule has 108 heavy (non-hydrogen) atoms. The van der Waals surface area contributed by atoms with Gasteiger partial charge in [-0.3, -0.25) is 9.59 Å². The average Bonchev–Trinajstić information content (AvgIpc) is 0.753. The summed E-state index contributed by atoms with van der Waals surface area (Å²) in [6, 6.07) is -2.62. The summed E-state index contributed by atoms with van der Waals surface area (Å²) >= 11 is 0. The molecule has 0 aromatic heterocycles. The summed E-state index contributed by atoms with van der Waals surface area (Å²) in [6.07, 6.45) is 44.0. The molecule has 3 heterocycles. The zero-order valence-electron chi connectivity index (χ0n) is 67.5.